The fourth-order valence-corrected chi connectivity index (χ4v) is 2.96. The van der Waals surface area contributed by atoms with Crippen LogP contribution in [0.25, 0.3) is 0 Å². The average Bonchev–Trinajstić information content (AvgIpc) is 2.69. The van der Waals surface area contributed by atoms with E-state index in [1.807, 2.05) is 30.3 Å². The number of nitrogens with one attached hydrogen (secondary N) is 1. The molecule has 1 aromatic carbocycles. The van der Waals surface area contributed by atoms with E-state index in [1.165, 1.54) is 31.3 Å². The first kappa shape index (κ1) is 17.1. The fourth-order valence-electron chi connectivity index (χ4n) is 2.96. The summed E-state index contributed by atoms with van der Waals surface area (Å²) in [6.07, 6.45) is 11.6. The van der Waals surface area contributed by atoms with E-state index < -0.39 is 0 Å². The van der Waals surface area contributed by atoms with Gasteiger partial charge in [0.2, 0.25) is 5.95 Å². The normalized spacial score (nSPS) is 13.9. The van der Waals surface area contributed by atoms with Crippen molar-refractivity contribution in [3.8, 4) is 0 Å². The van der Waals surface area contributed by atoms with Crippen molar-refractivity contribution in [3.63, 3.8) is 0 Å². The van der Waals surface area contributed by atoms with E-state index in [-0.39, 0.29) is 5.91 Å². The predicted molar refractivity (Wildman–Crippen MR) is 101 cm³/mol. The number of amides is 1. The van der Waals surface area contributed by atoms with Crippen LogP contribution in [0.3, 0.4) is 0 Å². The van der Waals surface area contributed by atoms with Crippen molar-refractivity contribution < 1.29 is 4.79 Å². The van der Waals surface area contributed by atoms with E-state index in [0.717, 1.165) is 18.7 Å². The van der Waals surface area contributed by atoms with E-state index >= 15 is 0 Å². The fraction of sp³-hybridized carbons (Fsp3) is 0.350. The Morgan fingerprint density at radius 1 is 1.16 bits per heavy atom. The Morgan fingerprint density at radius 2 is 1.92 bits per heavy atom. The van der Waals surface area contributed by atoms with Crippen molar-refractivity contribution in [3.05, 3.63) is 59.9 Å². The van der Waals surface area contributed by atoms with Gasteiger partial charge in [0, 0.05) is 31.7 Å². The number of anilines is 2. The van der Waals surface area contributed by atoms with Crippen LogP contribution >= 0.6 is 0 Å². The highest BCUT2D eigenvalue weighted by molar-refractivity contribution is 6.05. The lowest BCUT2D eigenvalue weighted by atomic mass is 9.97. The minimum Gasteiger partial charge on any atom is -0.354 e. The number of hydrogen-bond acceptors (Lipinski definition) is 4. The standard InChI is InChI=1S/C20H24N4O/c1-24(18-10-6-3-7-11-18)19(25)17-14-22-20(23-15-17)21-13-12-16-8-4-2-5-9-16/h3,6-8,10-11,14-15H,2,4-5,9,12-13H2,1H3,(H,21,22,23). The summed E-state index contributed by atoms with van der Waals surface area (Å²) in [5.74, 6) is 0.445. The van der Waals surface area contributed by atoms with Gasteiger partial charge in [-0.25, -0.2) is 9.97 Å². The van der Waals surface area contributed by atoms with Crippen LogP contribution in [0.15, 0.2) is 54.4 Å². The summed E-state index contributed by atoms with van der Waals surface area (Å²) in [4.78, 5) is 22.6. The van der Waals surface area contributed by atoms with Crippen LogP contribution in [-0.2, 0) is 0 Å². The van der Waals surface area contributed by atoms with E-state index in [4.69, 9.17) is 0 Å². The monoisotopic (exact) mass is 336 g/mol. The Hall–Kier alpha value is -2.69. The minimum atomic E-state index is -0.120. The molecule has 0 saturated carbocycles. The molecule has 1 aliphatic carbocycles. The van der Waals surface area contributed by atoms with Crippen LogP contribution in [0.5, 0.6) is 0 Å². The molecule has 1 aromatic heterocycles. The zero-order valence-corrected chi connectivity index (χ0v) is 14.6. The van der Waals surface area contributed by atoms with E-state index in [9.17, 15) is 4.79 Å². The van der Waals surface area contributed by atoms with Gasteiger partial charge in [0.15, 0.2) is 0 Å². The molecule has 0 radical (unpaired) electrons. The molecule has 0 unspecified atom stereocenters. The van der Waals surface area contributed by atoms with Gasteiger partial charge in [0.05, 0.1) is 5.56 Å². The molecule has 130 valence electrons. The highest BCUT2D eigenvalue weighted by Crippen LogP contribution is 2.20. The SMILES string of the molecule is CN(C(=O)c1cnc(NCCC2=CCCCC2)nc1)c1ccccc1. The number of rotatable bonds is 6. The van der Waals surface area contributed by atoms with Crippen LogP contribution < -0.4 is 10.2 Å². The lowest BCUT2D eigenvalue weighted by molar-refractivity contribution is 0.0992. The molecule has 2 aromatic rings. The Bertz CT molecular complexity index is 725. The lowest BCUT2D eigenvalue weighted by Crippen LogP contribution is -2.26. The molecule has 0 aliphatic heterocycles. The summed E-state index contributed by atoms with van der Waals surface area (Å²) in [6, 6.07) is 9.53. The smallest absolute Gasteiger partial charge is 0.261 e. The van der Waals surface area contributed by atoms with Gasteiger partial charge in [-0.3, -0.25) is 4.79 Å². The topological polar surface area (TPSA) is 58.1 Å². The van der Waals surface area contributed by atoms with Crippen molar-refractivity contribution in [2.75, 3.05) is 23.8 Å². The number of allylic oxidation sites excluding steroid dienone is 1. The summed E-state index contributed by atoms with van der Waals surface area (Å²) in [5, 5.41) is 3.23. The summed E-state index contributed by atoms with van der Waals surface area (Å²) in [6.45, 7) is 0.822. The molecule has 0 atom stereocenters. The second-order valence-corrected chi connectivity index (χ2v) is 6.28. The Kier molecular flexibility index (Phi) is 5.77. The van der Waals surface area contributed by atoms with Crippen LogP contribution in [0.2, 0.25) is 0 Å². The van der Waals surface area contributed by atoms with Crippen LogP contribution in [-0.4, -0.2) is 29.5 Å². The molecule has 0 bridgehead atoms. The molecule has 1 heterocycles. The highest BCUT2D eigenvalue weighted by atomic mass is 16.2. The van der Waals surface area contributed by atoms with Crippen LogP contribution in [0.4, 0.5) is 11.6 Å². The largest absolute Gasteiger partial charge is 0.354 e. The molecular weight excluding hydrogens is 312 g/mol. The third kappa shape index (κ3) is 4.66. The molecule has 0 spiro atoms. The number of carbonyl (C=O) groups excluding carboxylic acids is 1. The summed E-state index contributed by atoms with van der Waals surface area (Å²) >= 11 is 0. The number of benzene rings is 1. The van der Waals surface area contributed by atoms with Gasteiger partial charge in [-0.05, 0) is 44.2 Å². The maximum Gasteiger partial charge on any atom is 0.261 e. The molecule has 1 aliphatic rings. The molecule has 0 saturated heterocycles. The summed E-state index contributed by atoms with van der Waals surface area (Å²) < 4.78 is 0. The zero-order valence-electron chi connectivity index (χ0n) is 14.6. The Morgan fingerprint density at radius 3 is 2.60 bits per heavy atom. The van der Waals surface area contributed by atoms with Gasteiger partial charge < -0.3 is 10.2 Å². The van der Waals surface area contributed by atoms with Crippen molar-refractivity contribution in [2.45, 2.75) is 32.1 Å². The molecule has 5 heteroatoms. The van der Waals surface area contributed by atoms with Gasteiger partial charge in [0.25, 0.3) is 5.91 Å². The Labute approximate surface area is 148 Å². The van der Waals surface area contributed by atoms with Gasteiger partial charge in [-0.2, -0.15) is 0 Å². The van der Waals surface area contributed by atoms with E-state index in [1.54, 1.807) is 24.3 Å². The minimum absolute atomic E-state index is 0.120. The zero-order chi connectivity index (χ0) is 17.5. The predicted octanol–water partition coefficient (Wildman–Crippen LogP) is 4.06. The number of hydrogen-bond donors (Lipinski definition) is 1. The van der Waals surface area contributed by atoms with Crippen molar-refractivity contribution in [1.82, 2.24) is 9.97 Å². The van der Waals surface area contributed by atoms with Crippen molar-refractivity contribution in [2.24, 2.45) is 0 Å². The van der Waals surface area contributed by atoms with Crippen molar-refractivity contribution in [1.29, 1.82) is 0 Å². The Balaban J connectivity index is 1.54. The van der Waals surface area contributed by atoms with Crippen molar-refractivity contribution >= 4 is 17.5 Å². The third-order valence-corrected chi connectivity index (χ3v) is 4.46. The van der Waals surface area contributed by atoms with Crippen LogP contribution in [0.1, 0.15) is 42.5 Å². The maximum atomic E-state index is 12.5. The molecule has 25 heavy (non-hydrogen) atoms. The lowest BCUT2D eigenvalue weighted by Gasteiger charge is -2.17. The van der Waals surface area contributed by atoms with Crippen LogP contribution in [0, 0.1) is 0 Å². The second kappa shape index (κ2) is 8.42. The summed E-state index contributed by atoms with van der Waals surface area (Å²) in [5.41, 5.74) is 2.84. The maximum absolute atomic E-state index is 12.5. The second-order valence-electron chi connectivity index (χ2n) is 6.28. The van der Waals surface area contributed by atoms with E-state index in [2.05, 4.69) is 21.4 Å². The molecule has 1 N–H and O–H groups in total. The van der Waals surface area contributed by atoms with Gasteiger partial charge in [0.1, 0.15) is 0 Å². The van der Waals surface area contributed by atoms with Gasteiger partial charge >= 0.3 is 0 Å². The van der Waals surface area contributed by atoms with E-state index in [0.29, 0.717) is 11.5 Å². The number of aromatic nitrogens is 2. The van der Waals surface area contributed by atoms with Gasteiger partial charge in [-0.15, -0.1) is 0 Å². The molecular formula is C20H24N4O. The molecule has 3 rings (SSSR count). The first-order valence-electron chi connectivity index (χ1n) is 8.81. The first-order chi connectivity index (χ1) is 12.2. The molecule has 0 fully saturated rings. The molecule has 1 amide bonds. The number of nitrogens with zero attached hydrogens (tertiary/aromatic N) is 3. The quantitative estimate of drug-likeness (QED) is 0.808. The first-order valence-corrected chi connectivity index (χ1v) is 8.81. The molecule has 5 nitrogen and oxygen atoms in total. The summed E-state index contributed by atoms with van der Waals surface area (Å²) in [7, 11) is 1.75. The average molecular weight is 336 g/mol. The third-order valence-electron chi connectivity index (χ3n) is 4.46. The van der Waals surface area contributed by atoms with Gasteiger partial charge in [-0.1, -0.05) is 29.8 Å². The number of para-hydroxylation sites is 1. The highest BCUT2D eigenvalue weighted by Gasteiger charge is 2.14. The number of carbonyl (C=O) groups is 1.